The third-order valence-electron chi connectivity index (χ3n) is 5.80. The Hall–Kier alpha value is -1.63. The number of unbranched alkanes of at least 4 members (excludes halogenated alkanes) is 2. The average molecular weight is 419 g/mol. The molecule has 1 atom stereocenters. The molecule has 3 rings (SSSR count). The third-order valence-corrected chi connectivity index (χ3v) is 5.80. The van der Waals surface area contributed by atoms with Crippen LogP contribution in [0.25, 0.3) is 0 Å². The number of benzene rings is 1. The Morgan fingerprint density at radius 2 is 2.07 bits per heavy atom. The number of carbonyl (C=O) groups is 1. The van der Waals surface area contributed by atoms with E-state index in [-0.39, 0.29) is 12.0 Å². The van der Waals surface area contributed by atoms with Crippen molar-refractivity contribution in [3.63, 3.8) is 0 Å². The number of hydrogen-bond donors (Lipinski definition) is 1. The van der Waals surface area contributed by atoms with Gasteiger partial charge < -0.3 is 24.4 Å². The zero-order chi connectivity index (χ0) is 21.2. The number of nitrogens with one attached hydrogen (secondary N) is 1. The molecule has 0 bridgehead atoms. The van der Waals surface area contributed by atoms with Crippen molar-refractivity contribution in [1.29, 1.82) is 0 Å². The lowest BCUT2D eigenvalue weighted by Gasteiger charge is -2.30. The maximum absolute atomic E-state index is 13.2. The summed E-state index contributed by atoms with van der Waals surface area (Å²) in [5, 5.41) is 3.28. The lowest BCUT2D eigenvalue weighted by Crippen LogP contribution is -2.49. The van der Waals surface area contributed by atoms with Crippen molar-refractivity contribution in [2.24, 2.45) is 0 Å². The molecule has 1 heterocycles. The van der Waals surface area contributed by atoms with Crippen LogP contribution in [0.15, 0.2) is 18.2 Å². The summed E-state index contributed by atoms with van der Waals surface area (Å²) in [6.45, 7) is 6.22. The average Bonchev–Trinajstić information content (AvgIpc) is 3.62. The Balaban J connectivity index is 1.72. The molecule has 1 saturated heterocycles. The van der Waals surface area contributed by atoms with Crippen LogP contribution in [-0.4, -0.2) is 63.0 Å². The van der Waals surface area contributed by atoms with Gasteiger partial charge in [0.25, 0.3) is 5.91 Å². The highest BCUT2D eigenvalue weighted by atomic mass is 16.5. The van der Waals surface area contributed by atoms with Gasteiger partial charge in [-0.2, -0.15) is 0 Å². The van der Waals surface area contributed by atoms with Crippen LogP contribution in [0.4, 0.5) is 0 Å². The molecule has 1 amide bonds. The topological polar surface area (TPSA) is 60.0 Å². The minimum atomic E-state index is -0.364. The van der Waals surface area contributed by atoms with Gasteiger partial charge in [-0.25, -0.2) is 0 Å². The Kier molecular flexibility index (Phi) is 9.43. The molecule has 1 N–H and O–H groups in total. The molecule has 168 valence electrons. The largest absolute Gasteiger partial charge is 0.493 e. The van der Waals surface area contributed by atoms with Crippen molar-refractivity contribution in [3.8, 4) is 5.75 Å². The molecular weight excluding hydrogens is 380 g/mol. The highest BCUT2D eigenvalue weighted by Gasteiger charge is 2.37. The van der Waals surface area contributed by atoms with E-state index >= 15 is 0 Å². The Labute approximate surface area is 181 Å². The number of hydrogen-bond acceptors (Lipinski definition) is 5. The van der Waals surface area contributed by atoms with Gasteiger partial charge in [0.05, 0.1) is 13.2 Å². The van der Waals surface area contributed by atoms with Gasteiger partial charge in [0.1, 0.15) is 11.9 Å². The summed E-state index contributed by atoms with van der Waals surface area (Å²) in [4.78, 5) is 15.2. The smallest absolute Gasteiger partial charge is 0.253 e. The number of amides is 1. The van der Waals surface area contributed by atoms with E-state index in [9.17, 15) is 4.79 Å². The predicted octanol–water partition coefficient (Wildman–Crippen LogP) is 3.31. The molecule has 1 aromatic rings. The van der Waals surface area contributed by atoms with Crippen molar-refractivity contribution in [3.05, 3.63) is 29.3 Å². The zero-order valence-corrected chi connectivity index (χ0v) is 18.7. The second-order valence-electron chi connectivity index (χ2n) is 8.34. The molecule has 0 unspecified atom stereocenters. The monoisotopic (exact) mass is 418 g/mol. The van der Waals surface area contributed by atoms with E-state index in [0.717, 1.165) is 38.0 Å². The second-order valence-corrected chi connectivity index (χ2v) is 8.34. The molecular formula is C24H38N2O4. The molecule has 2 aliphatic rings. The second kappa shape index (κ2) is 12.3. The SMILES string of the molecule is CCCCCc1ccc(OCCCOC)cc1CN(C(=O)[C@H]1CNCCO1)C1CC1. The Morgan fingerprint density at radius 3 is 2.77 bits per heavy atom. The fourth-order valence-electron chi connectivity index (χ4n) is 3.91. The summed E-state index contributed by atoms with van der Waals surface area (Å²) in [5.41, 5.74) is 2.54. The standard InChI is InChI=1S/C24H38N2O4/c1-3-4-5-7-19-8-11-22(29-14-6-13-28-2)16-20(19)18-26(21-9-10-21)24(27)23-17-25-12-15-30-23/h8,11,16,21,23,25H,3-7,9-10,12-15,17-18H2,1-2H3/t23-/m1/s1. The van der Waals surface area contributed by atoms with E-state index in [2.05, 4.69) is 30.4 Å². The van der Waals surface area contributed by atoms with Crippen LogP contribution in [0, 0.1) is 0 Å². The fraction of sp³-hybridized carbons (Fsp3) is 0.708. The first-order chi connectivity index (χ1) is 14.7. The first kappa shape index (κ1) is 23.0. The van der Waals surface area contributed by atoms with E-state index in [1.54, 1.807) is 7.11 Å². The first-order valence-corrected chi connectivity index (χ1v) is 11.6. The maximum atomic E-state index is 13.2. The quantitative estimate of drug-likeness (QED) is 0.498. The number of nitrogens with zero attached hydrogens (tertiary/aromatic N) is 1. The van der Waals surface area contributed by atoms with Crippen LogP contribution in [0.2, 0.25) is 0 Å². The molecule has 1 saturated carbocycles. The van der Waals surface area contributed by atoms with Crippen molar-refractivity contribution >= 4 is 5.91 Å². The molecule has 6 heteroatoms. The molecule has 2 fully saturated rings. The van der Waals surface area contributed by atoms with Gasteiger partial charge in [-0.15, -0.1) is 0 Å². The van der Waals surface area contributed by atoms with E-state index in [1.165, 1.54) is 30.4 Å². The number of methoxy groups -OCH3 is 1. The predicted molar refractivity (Wildman–Crippen MR) is 118 cm³/mol. The van der Waals surface area contributed by atoms with Gasteiger partial charge in [0.15, 0.2) is 0 Å². The molecule has 30 heavy (non-hydrogen) atoms. The van der Waals surface area contributed by atoms with Crippen LogP contribution in [0.3, 0.4) is 0 Å². The van der Waals surface area contributed by atoms with E-state index in [0.29, 0.717) is 39.0 Å². The first-order valence-electron chi connectivity index (χ1n) is 11.6. The van der Waals surface area contributed by atoms with Gasteiger partial charge in [-0.1, -0.05) is 25.8 Å². The Morgan fingerprint density at radius 1 is 1.20 bits per heavy atom. The third kappa shape index (κ3) is 6.96. The van der Waals surface area contributed by atoms with Crippen molar-refractivity contribution in [2.45, 2.75) is 70.6 Å². The van der Waals surface area contributed by atoms with E-state index < -0.39 is 0 Å². The van der Waals surface area contributed by atoms with Crippen molar-refractivity contribution in [1.82, 2.24) is 10.2 Å². The van der Waals surface area contributed by atoms with Crippen molar-refractivity contribution < 1.29 is 19.0 Å². The van der Waals surface area contributed by atoms with Gasteiger partial charge in [0, 0.05) is 45.8 Å². The van der Waals surface area contributed by atoms with Crippen LogP contribution >= 0.6 is 0 Å². The summed E-state index contributed by atoms with van der Waals surface area (Å²) in [5.74, 6) is 0.995. The van der Waals surface area contributed by atoms with Crippen molar-refractivity contribution in [2.75, 3.05) is 40.0 Å². The summed E-state index contributed by atoms with van der Waals surface area (Å²) in [7, 11) is 1.71. The number of ether oxygens (including phenoxy) is 3. The van der Waals surface area contributed by atoms with Gasteiger partial charge in [0.2, 0.25) is 0 Å². The number of carbonyl (C=O) groups excluding carboxylic acids is 1. The van der Waals surface area contributed by atoms with Gasteiger partial charge >= 0.3 is 0 Å². The molecule has 0 aromatic heterocycles. The van der Waals surface area contributed by atoms with Crippen LogP contribution in [0.5, 0.6) is 5.75 Å². The van der Waals surface area contributed by atoms with Crippen LogP contribution in [-0.2, 0) is 27.2 Å². The molecule has 0 radical (unpaired) electrons. The lowest BCUT2D eigenvalue weighted by atomic mass is 10.00. The number of morpholine rings is 1. The summed E-state index contributed by atoms with van der Waals surface area (Å²) < 4.78 is 16.8. The van der Waals surface area contributed by atoms with Gasteiger partial charge in [-0.05, 0) is 48.9 Å². The van der Waals surface area contributed by atoms with Crippen LogP contribution in [0.1, 0.15) is 56.6 Å². The molecule has 6 nitrogen and oxygen atoms in total. The minimum Gasteiger partial charge on any atom is -0.493 e. The summed E-state index contributed by atoms with van der Waals surface area (Å²) >= 11 is 0. The summed E-state index contributed by atoms with van der Waals surface area (Å²) in [6.07, 6.45) is 7.32. The van der Waals surface area contributed by atoms with E-state index in [1.807, 2.05) is 4.90 Å². The van der Waals surface area contributed by atoms with Crippen LogP contribution < -0.4 is 10.1 Å². The van der Waals surface area contributed by atoms with E-state index in [4.69, 9.17) is 14.2 Å². The molecule has 0 spiro atoms. The summed E-state index contributed by atoms with van der Waals surface area (Å²) in [6, 6.07) is 6.73. The normalized spacial score (nSPS) is 18.9. The molecule has 1 aliphatic heterocycles. The van der Waals surface area contributed by atoms with Gasteiger partial charge in [-0.3, -0.25) is 4.79 Å². The highest BCUT2D eigenvalue weighted by Crippen LogP contribution is 2.31. The number of rotatable bonds is 13. The number of aryl methyl sites for hydroxylation is 1. The fourth-order valence-corrected chi connectivity index (χ4v) is 3.91. The molecule has 1 aliphatic carbocycles. The molecule has 1 aromatic carbocycles. The highest BCUT2D eigenvalue weighted by molar-refractivity contribution is 5.82. The lowest BCUT2D eigenvalue weighted by molar-refractivity contribution is -0.146. The maximum Gasteiger partial charge on any atom is 0.253 e. The Bertz CT molecular complexity index is 657. The zero-order valence-electron chi connectivity index (χ0n) is 18.7. The minimum absolute atomic E-state index is 0.121.